The van der Waals surface area contributed by atoms with Crippen LogP contribution in [0, 0.1) is 18.8 Å². The highest BCUT2D eigenvalue weighted by Gasteiger charge is 2.21. The van der Waals surface area contributed by atoms with E-state index in [4.69, 9.17) is 9.84 Å². The van der Waals surface area contributed by atoms with Gasteiger partial charge < -0.3 is 15.2 Å². The molecular formula is C14H21NO3. The van der Waals surface area contributed by atoms with Crippen LogP contribution in [-0.2, 0) is 4.79 Å². The van der Waals surface area contributed by atoms with E-state index >= 15 is 0 Å². The average molecular weight is 251 g/mol. The van der Waals surface area contributed by atoms with E-state index in [1.54, 1.807) is 7.11 Å². The number of anilines is 1. The van der Waals surface area contributed by atoms with Gasteiger partial charge in [0.1, 0.15) is 5.75 Å². The maximum absolute atomic E-state index is 11.1. The molecule has 1 rings (SSSR count). The molecule has 0 spiro atoms. The Labute approximate surface area is 108 Å². The molecule has 1 aromatic carbocycles. The van der Waals surface area contributed by atoms with E-state index in [1.807, 2.05) is 39.0 Å². The minimum atomic E-state index is -0.774. The number of aryl methyl sites for hydroxylation is 1. The number of rotatable bonds is 6. The molecule has 0 radical (unpaired) electrons. The van der Waals surface area contributed by atoms with E-state index in [2.05, 4.69) is 5.32 Å². The van der Waals surface area contributed by atoms with Gasteiger partial charge in [0.15, 0.2) is 0 Å². The number of nitrogens with one attached hydrogen (secondary N) is 1. The third-order valence-electron chi connectivity index (χ3n) is 2.99. The fraction of sp³-hybridized carbons (Fsp3) is 0.500. The molecule has 0 bridgehead atoms. The Bertz CT molecular complexity index is 416. The Balaban J connectivity index is 2.78. The van der Waals surface area contributed by atoms with Crippen molar-refractivity contribution in [1.29, 1.82) is 0 Å². The molecule has 18 heavy (non-hydrogen) atoms. The van der Waals surface area contributed by atoms with Crippen molar-refractivity contribution in [2.45, 2.75) is 20.8 Å². The van der Waals surface area contributed by atoms with Crippen LogP contribution in [0.2, 0.25) is 0 Å². The van der Waals surface area contributed by atoms with E-state index in [-0.39, 0.29) is 5.92 Å². The van der Waals surface area contributed by atoms with Gasteiger partial charge in [-0.05, 0) is 30.5 Å². The van der Waals surface area contributed by atoms with Crippen molar-refractivity contribution in [3.8, 4) is 5.75 Å². The molecule has 0 saturated carbocycles. The normalized spacial score (nSPS) is 12.3. The summed E-state index contributed by atoms with van der Waals surface area (Å²) >= 11 is 0. The lowest BCUT2D eigenvalue weighted by Crippen LogP contribution is -2.27. The van der Waals surface area contributed by atoms with Gasteiger partial charge in [-0.15, -0.1) is 0 Å². The largest absolute Gasteiger partial charge is 0.495 e. The van der Waals surface area contributed by atoms with Crippen LogP contribution in [0.1, 0.15) is 19.4 Å². The van der Waals surface area contributed by atoms with Crippen molar-refractivity contribution >= 4 is 11.7 Å². The molecule has 0 aliphatic rings. The smallest absolute Gasteiger partial charge is 0.308 e. The molecule has 0 aliphatic heterocycles. The van der Waals surface area contributed by atoms with E-state index in [0.717, 1.165) is 17.0 Å². The predicted octanol–water partition coefficient (Wildman–Crippen LogP) is 2.77. The van der Waals surface area contributed by atoms with Gasteiger partial charge in [0, 0.05) is 6.54 Å². The highest BCUT2D eigenvalue weighted by atomic mass is 16.5. The van der Waals surface area contributed by atoms with Gasteiger partial charge in [0.2, 0.25) is 0 Å². The molecule has 4 heteroatoms. The van der Waals surface area contributed by atoms with Gasteiger partial charge in [-0.2, -0.15) is 0 Å². The number of benzene rings is 1. The zero-order chi connectivity index (χ0) is 13.7. The summed E-state index contributed by atoms with van der Waals surface area (Å²) in [6.07, 6.45) is 0. The molecule has 2 N–H and O–H groups in total. The first-order valence-corrected chi connectivity index (χ1v) is 6.07. The van der Waals surface area contributed by atoms with Crippen LogP contribution in [0.4, 0.5) is 5.69 Å². The lowest BCUT2D eigenvalue weighted by molar-refractivity contribution is -0.142. The molecule has 4 nitrogen and oxygen atoms in total. The second-order valence-electron chi connectivity index (χ2n) is 4.77. The number of aliphatic carboxylic acids is 1. The Morgan fingerprint density at radius 3 is 2.61 bits per heavy atom. The zero-order valence-corrected chi connectivity index (χ0v) is 11.4. The Morgan fingerprint density at radius 1 is 1.44 bits per heavy atom. The summed E-state index contributed by atoms with van der Waals surface area (Å²) < 4.78 is 5.24. The zero-order valence-electron chi connectivity index (χ0n) is 11.4. The van der Waals surface area contributed by atoms with Crippen LogP contribution >= 0.6 is 0 Å². The average Bonchev–Trinajstić information content (AvgIpc) is 2.28. The van der Waals surface area contributed by atoms with Crippen molar-refractivity contribution in [3.05, 3.63) is 23.8 Å². The molecule has 0 amide bonds. The fourth-order valence-electron chi connectivity index (χ4n) is 1.79. The summed E-state index contributed by atoms with van der Waals surface area (Å²) in [6, 6.07) is 5.79. The van der Waals surface area contributed by atoms with Gasteiger partial charge in [0.25, 0.3) is 0 Å². The highest BCUT2D eigenvalue weighted by Crippen LogP contribution is 2.26. The van der Waals surface area contributed by atoms with E-state index in [1.165, 1.54) is 0 Å². The van der Waals surface area contributed by atoms with Crippen LogP contribution in [-0.4, -0.2) is 24.7 Å². The first-order chi connectivity index (χ1) is 8.45. The van der Waals surface area contributed by atoms with Gasteiger partial charge in [-0.3, -0.25) is 4.79 Å². The number of hydrogen-bond donors (Lipinski definition) is 2. The van der Waals surface area contributed by atoms with Gasteiger partial charge >= 0.3 is 5.97 Å². The maximum atomic E-state index is 11.1. The summed E-state index contributed by atoms with van der Waals surface area (Å²) in [5.74, 6) is -0.362. The molecule has 1 unspecified atom stereocenters. The number of carboxylic acids is 1. The van der Waals surface area contributed by atoms with Crippen molar-refractivity contribution in [1.82, 2.24) is 0 Å². The first-order valence-electron chi connectivity index (χ1n) is 6.07. The van der Waals surface area contributed by atoms with Crippen molar-refractivity contribution in [3.63, 3.8) is 0 Å². The lowest BCUT2D eigenvalue weighted by Gasteiger charge is -2.19. The van der Waals surface area contributed by atoms with Crippen molar-refractivity contribution < 1.29 is 14.6 Å². The summed E-state index contributed by atoms with van der Waals surface area (Å²) in [7, 11) is 1.60. The second-order valence-corrected chi connectivity index (χ2v) is 4.77. The SMILES string of the molecule is COc1ccc(C)cc1NCC(C(=O)O)C(C)C. The highest BCUT2D eigenvalue weighted by molar-refractivity contribution is 5.71. The van der Waals surface area contributed by atoms with E-state index < -0.39 is 11.9 Å². The van der Waals surface area contributed by atoms with Crippen LogP contribution in [0.15, 0.2) is 18.2 Å². The predicted molar refractivity (Wildman–Crippen MR) is 72.2 cm³/mol. The Hall–Kier alpha value is -1.71. The van der Waals surface area contributed by atoms with Crippen LogP contribution < -0.4 is 10.1 Å². The summed E-state index contributed by atoms with van der Waals surface area (Å²) in [6.45, 7) is 6.20. The van der Waals surface area contributed by atoms with Gasteiger partial charge in [-0.25, -0.2) is 0 Å². The third-order valence-corrected chi connectivity index (χ3v) is 2.99. The molecule has 0 saturated heterocycles. The molecular weight excluding hydrogens is 230 g/mol. The number of carbonyl (C=O) groups is 1. The first kappa shape index (κ1) is 14.4. The van der Waals surface area contributed by atoms with Crippen LogP contribution in [0.25, 0.3) is 0 Å². The Kier molecular flexibility index (Phi) is 5.01. The van der Waals surface area contributed by atoms with Crippen LogP contribution in [0.5, 0.6) is 5.75 Å². The lowest BCUT2D eigenvalue weighted by atomic mass is 9.96. The summed E-state index contributed by atoms with van der Waals surface area (Å²) in [5.41, 5.74) is 1.94. The van der Waals surface area contributed by atoms with Gasteiger partial charge in [0.05, 0.1) is 18.7 Å². The van der Waals surface area contributed by atoms with Crippen molar-refractivity contribution in [2.75, 3.05) is 19.0 Å². The molecule has 1 atom stereocenters. The van der Waals surface area contributed by atoms with E-state index in [9.17, 15) is 4.79 Å². The molecule has 0 aromatic heterocycles. The molecule has 0 fully saturated rings. The molecule has 1 aromatic rings. The standard InChI is InChI=1S/C14H21NO3/c1-9(2)11(14(16)17)8-15-12-7-10(3)5-6-13(12)18-4/h5-7,9,11,15H,8H2,1-4H3,(H,16,17). The van der Waals surface area contributed by atoms with Gasteiger partial charge in [-0.1, -0.05) is 19.9 Å². The molecule has 0 heterocycles. The Morgan fingerprint density at radius 2 is 2.11 bits per heavy atom. The summed E-state index contributed by atoms with van der Waals surface area (Å²) in [4.78, 5) is 11.1. The van der Waals surface area contributed by atoms with Crippen LogP contribution in [0.3, 0.4) is 0 Å². The minimum absolute atomic E-state index is 0.0887. The summed E-state index contributed by atoms with van der Waals surface area (Å²) in [5, 5.41) is 12.3. The van der Waals surface area contributed by atoms with E-state index in [0.29, 0.717) is 6.54 Å². The molecule has 0 aliphatic carbocycles. The minimum Gasteiger partial charge on any atom is -0.495 e. The third kappa shape index (κ3) is 3.65. The quantitative estimate of drug-likeness (QED) is 0.816. The number of carboxylic acid groups (broad SMARTS) is 1. The number of hydrogen-bond acceptors (Lipinski definition) is 3. The topological polar surface area (TPSA) is 58.6 Å². The fourth-order valence-corrected chi connectivity index (χ4v) is 1.79. The number of methoxy groups -OCH3 is 1. The number of ether oxygens (including phenoxy) is 1. The second kappa shape index (κ2) is 6.28. The maximum Gasteiger partial charge on any atom is 0.308 e. The molecule has 100 valence electrons. The monoisotopic (exact) mass is 251 g/mol. The van der Waals surface area contributed by atoms with Crippen molar-refractivity contribution in [2.24, 2.45) is 11.8 Å².